The van der Waals surface area contributed by atoms with E-state index in [4.69, 9.17) is 0 Å². The lowest BCUT2D eigenvalue weighted by molar-refractivity contribution is -0.131. The number of hydrogen-bond donors (Lipinski definition) is 1. The van der Waals surface area contributed by atoms with Crippen molar-refractivity contribution < 1.29 is 4.79 Å². The van der Waals surface area contributed by atoms with Crippen LogP contribution in [-0.2, 0) is 4.79 Å². The third-order valence-corrected chi connectivity index (χ3v) is 4.85. The zero-order chi connectivity index (χ0) is 17.8. The van der Waals surface area contributed by atoms with E-state index in [1.54, 1.807) is 0 Å². The van der Waals surface area contributed by atoms with E-state index >= 15 is 0 Å². The third kappa shape index (κ3) is 4.13. The van der Waals surface area contributed by atoms with Crippen molar-refractivity contribution >= 4 is 17.3 Å². The summed E-state index contributed by atoms with van der Waals surface area (Å²) in [5.41, 5.74) is 4.64. The Hall–Kier alpha value is -2.49. The van der Waals surface area contributed by atoms with Crippen LogP contribution in [-0.4, -0.2) is 43.0 Å². The maximum Gasteiger partial charge on any atom is 0.244 e. The van der Waals surface area contributed by atoms with Crippen LogP contribution >= 0.6 is 0 Å². The molecule has 0 spiro atoms. The molecule has 2 aromatic rings. The minimum absolute atomic E-state index is 0.175. The highest BCUT2D eigenvalue weighted by atomic mass is 16.2. The normalized spacial score (nSPS) is 15.8. The molecule has 1 fully saturated rings. The van der Waals surface area contributed by atoms with Crippen LogP contribution in [0.25, 0.3) is 0 Å². The van der Waals surface area contributed by atoms with Crippen molar-refractivity contribution in [2.75, 3.05) is 36.4 Å². The van der Waals surface area contributed by atoms with Crippen molar-refractivity contribution in [1.29, 1.82) is 0 Å². The van der Waals surface area contributed by atoms with Crippen molar-refractivity contribution in [1.82, 2.24) is 4.90 Å². The van der Waals surface area contributed by atoms with Gasteiger partial charge in [-0.15, -0.1) is 0 Å². The molecule has 1 N–H and O–H groups in total. The number of para-hydroxylation sites is 1. The van der Waals surface area contributed by atoms with Crippen LogP contribution in [0.4, 0.5) is 11.4 Å². The average Bonchev–Trinajstić information content (AvgIpc) is 2.65. The van der Waals surface area contributed by atoms with Gasteiger partial charge >= 0.3 is 0 Å². The van der Waals surface area contributed by atoms with Crippen molar-refractivity contribution in [2.45, 2.75) is 26.8 Å². The molecule has 1 unspecified atom stereocenters. The van der Waals surface area contributed by atoms with Crippen molar-refractivity contribution in [3.63, 3.8) is 0 Å². The summed E-state index contributed by atoms with van der Waals surface area (Å²) in [5.74, 6) is 0.175. The Morgan fingerprint density at radius 2 is 1.68 bits per heavy atom. The summed E-state index contributed by atoms with van der Waals surface area (Å²) < 4.78 is 0. The Bertz CT molecular complexity index is 721. The van der Waals surface area contributed by atoms with E-state index in [2.05, 4.69) is 66.5 Å². The molecule has 1 aliphatic rings. The minimum atomic E-state index is -0.219. The van der Waals surface area contributed by atoms with Crippen LogP contribution in [0.5, 0.6) is 0 Å². The van der Waals surface area contributed by atoms with E-state index < -0.39 is 0 Å². The van der Waals surface area contributed by atoms with Crippen LogP contribution in [0.15, 0.2) is 48.5 Å². The van der Waals surface area contributed by atoms with Crippen molar-refractivity contribution in [2.24, 2.45) is 0 Å². The van der Waals surface area contributed by atoms with Crippen LogP contribution in [0.1, 0.15) is 18.1 Å². The molecule has 132 valence electrons. The van der Waals surface area contributed by atoms with Gasteiger partial charge < -0.3 is 15.1 Å². The van der Waals surface area contributed by atoms with E-state index in [9.17, 15) is 4.79 Å². The fourth-order valence-corrected chi connectivity index (χ4v) is 3.28. The number of amides is 1. The van der Waals surface area contributed by atoms with Crippen LogP contribution in [0.3, 0.4) is 0 Å². The predicted octanol–water partition coefficient (Wildman–Crippen LogP) is 3.45. The Morgan fingerprint density at radius 3 is 2.36 bits per heavy atom. The fraction of sp³-hybridized carbons (Fsp3) is 0.381. The van der Waals surface area contributed by atoms with Gasteiger partial charge in [0.1, 0.15) is 6.04 Å². The van der Waals surface area contributed by atoms with Gasteiger partial charge in [0.25, 0.3) is 0 Å². The highest BCUT2D eigenvalue weighted by molar-refractivity contribution is 5.84. The van der Waals surface area contributed by atoms with Gasteiger partial charge in [-0.1, -0.05) is 30.3 Å². The maximum absolute atomic E-state index is 12.8. The second-order valence-electron chi connectivity index (χ2n) is 6.83. The molecule has 1 amide bonds. The van der Waals surface area contributed by atoms with Crippen LogP contribution in [0, 0.1) is 13.8 Å². The summed E-state index contributed by atoms with van der Waals surface area (Å²) in [5, 5.41) is 3.39. The molecule has 0 radical (unpaired) electrons. The van der Waals surface area contributed by atoms with Gasteiger partial charge in [-0.25, -0.2) is 0 Å². The van der Waals surface area contributed by atoms with Gasteiger partial charge in [0.05, 0.1) is 0 Å². The number of anilines is 2. The number of carbonyl (C=O) groups excluding carboxylic acids is 1. The molecule has 0 aliphatic carbocycles. The number of piperazine rings is 1. The average molecular weight is 337 g/mol. The number of nitrogens with one attached hydrogen (secondary N) is 1. The van der Waals surface area contributed by atoms with Crippen molar-refractivity contribution in [3.8, 4) is 0 Å². The summed E-state index contributed by atoms with van der Waals surface area (Å²) in [6.07, 6.45) is 0. The molecular weight excluding hydrogens is 310 g/mol. The molecule has 25 heavy (non-hydrogen) atoms. The van der Waals surface area contributed by atoms with Gasteiger partial charge in [0, 0.05) is 37.6 Å². The van der Waals surface area contributed by atoms with E-state index in [0.717, 1.165) is 31.9 Å². The monoisotopic (exact) mass is 337 g/mol. The maximum atomic E-state index is 12.8. The highest BCUT2D eigenvalue weighted by Gasteiger charge is 2.25. The molecule has 0 saturated carbocycles. The first-order valence-corrected chi connectivity index (χ1v) is 8.97. The fourth-order valence-electron chi connectivity index (χ4n) is 3.28. The molecule has 1 aliphatic heterocycles. The predicted molar refractivity (Wildman–Crippen MR) is 104 cm³/mol. The van der Waals surface area contributed by atoms with Gasteiger partial charge in [-0.2, -0.15) is 0 Å². The molecule has 1 heterocycles. The number of hydrogen-bond acceptors (Lipinski definition) is 3. The summed E-state index contributed by atoms with van der Waals surface area (Å²) in [6.45, 7) is 9.39. The van der Waals surface area contributed by atoms with Crippen LogP contribution < -0.4 is 10.2 Å². The Kier molecular flexibility index (Phi) is 5.27. The minimum Gasteiger partial charge on any atom is -0.374 e. The molecule has 1 saturated heterocycles. The van der Waals surface area contributed by atoms with Gasteiger partial charge in [0.2, 0.25) is 5.91 Å². The zero-order valence-corrected chi connectivity index (χ0v) is 15.3. The Morgan fingerprint density at radius 1 is 1.00 bits per heavy atom. The lowest BCUT2D eigenvalue weighted by atomic mass is 10.1. The summed E-state index contributed by atoms with van der Waals surface area (Å²) in [4.78, 5) is 17.1. The number of nitrogens with zero attached hydrogens (tertiary/aromatic N) is 2. The number of rotatable bonds is 4. The molecule has 2 aromatic carbocycles. The van der Waals surface area contributed by atoms with Crippen LogP contribution in [0.2, 0.25) is 0 Å². The second-order valence-corrected chi connectivity index (χ2v) is 6.83. The number of carbonyl (C=O) groups is 1. The van der Waals surface area contributed by atoms with Gasteiger partial charge in [-0.05, 0) is 50.1 Å². The van der Waals surface area contributed by atoms with E-state index in [0.29, 0.717) is 0 Å². The molecule has 4 heteroatoms. The quantitative estimate of drug-likeness (QED) is 0.928. The lowest BCUT2D eigenvalue weighted by Gasteiger charge is -2.37. The topological polar surface area (TPSA) is 35.6 Å². The SMILES string of the molecule is Cc1ccc(C)c(NC(C)C(=O)N2CCN(c3ccccc3)CC2)c1. The number of benzene rings is 2. The number of aryl methyl sites for hydroxylation is 2. The smallest absolute Gasteiger partial charge is 0.244 e. The second kappa shape index (κ2) is 7.60. The molecule has 0 bridgehead atoms. The van der Waals surface area contributed by atoms with E-state index in [1.807, 2.05) is 17.9 Å². The lowest BCUT2D eigenvalue weighted by Crippen LogP contribution is -2.52. The van der Waals surface area contributed by atoms with E-state index in [-0.39, 0.29) is 11.9 Å². The molecular formula is C21H27N3O. The first-order valence-electron chi connectivity index (χ1n) is 8.97. The molecule has 1 atom stereocenters. The zero-order valence-electron chi connectivity index (χ0n) is 15.3. The standard InChI is InChI=1S/C21H27N3O/c1-16-9-10-17(2)20(15-16)22-18(3)21(25)24-13-11-23(12-14-24)19-7-5-4-6-8-19/h4-10,15,18,22H,11-14H2,1-3H3. The first-order chi connectivity index (χ1) is 12.0. The Balaban J connectivity index is 1.57. The largest absolute Gasteiger partial charge is 0.374 e. The Labute approximate surface area is 150 Å². The molecule has 0 aromatic heterocycles. The van der Waals surface area contributed by atoms with Gasteiger partial charge in [-0.3, -0.25) is 4.79 Å². The summed E-state index contributed by atoms with van der Waals surface area (Å²) >= 11 is 0. The first kappa shape index (κ1) is 17.3. The van der Waals surface area contributed by atoms with Gasteiger partial charge in [0.15, 0.2) is 0 Å². The van der Waals surface area contributed by atoms with Crippen molar-refractivity contribution in [3.05, 3.63) is 59.7 Å². The highest BCUT2D eigenvalue weighted by Crippen LogP contribution is 2.19. The summed E-state index contributed by atoms with van der Waals surface area (Å²) in [6, 6.07) is 16.5. The molecule has 4 nitrogen and oxygen atoms in total. The third-order valence-electron chi connectivity index (χ3n) is 4.85. The molecule has 3 rings (SSSR count). The summed E-state index contributed by atoms with van der Waals surface area (Å²) in [7, 11) is 0. The van der Waals surface area contributed by atoms with E-state index in [1.165, 1.54) is 16.8 Å².